The zero-order valence-corrected chi connectivity index (χ0v) is 13.0. The van der Waals surface area contributed by atoms with E-state index in [1.165, 1.54) is 11.8 Å². The number of nitrogens with two attached hydrogens (primary N) is 1. The molecule has 0 spiro atoms. The zero-order chi connectivity index (χ0) is 14.9. The smallest absolute Gasteiger partial charge is 0.242 e. The van der Waals surface area contributed by atoms with Gasteiger partial charge in [0.05, 0.1) is 10.7 Å². The first-order valence-corrected chi connectivity index (χ1v) is 6.85. The molecule has 1 aromatic carbocycles. The Morgan fingerprint density at radius 3 is 2.50 bits per heavy atom. The fourth-order valence-corrected chi connectivity index (χ4v) is 2.12. The van der Waals surface area contributed by atoms with Crippen LogP contribution in [0, 0.1) is 6.92 Å². The minimum atomic E-state index is -0.0253. The van der Waals surface area contributed by atoms with Gasteiger partial charge in [-0.3, -0.25) is 0 Å². The number of aromatic nitrogens is 1. The molecule has 2 rings (SSSR count). The Bertz CT molecular complexity index is 633. The molecule has 0 amide bonds. The molecule has 0 aliphatic rings. The highest BCUT2D eigenvalue weighted by atomic mass is 35.5. The summed E-state index contributed by atoms with van der Waals surface area (Å²) in [5.41, 5.74) is 8.60. The van der Waals surface area contributed by atoms with Crippen molar-refractivity contribution < 1.29 is 4.74 Å². The van der Waals surface area contributed by atoms with Crippen molar-refractivity contribution in [3.8, 4) is 11.6 Å². The van der Waals surface area contributed by atoms with Crippen LogP contribution in [-0.4, -0.2) is 4.98 Å². The Labute approximate surface area is 124 Å². The van der Waals surface area contributed by atoms with Gasteiger partial charge in [0, 0.05) is 11.8 Å². The van der Waals surface area contributed by atoms with Crippen LogP contribution in [0.3, 0.4) is 0 Å². The topological polar surface area (TPSA) is 48.1 Å². The van der Waals surface area contributed by atoms with Crippen LogP contribution in [0.4, 0.5) is 5.69 Å². The van der Waals surface area contributed by atoms with Gasteiger partial charge in [0.15, 0.2) is 0 Å². The van der Waals surface area contributed by atoms with Crippen molar-refractivity contribution in [2.45, 2.75) is 33.1 Å². The highest BCUT2D eigenvalue weighted by Gasteiger charge is 2.20. The van der Waals surface area contributed by atoms with Gasteiger partial charge < -0.3 is 10.5 Å². The van der Waals surface area contributed by atoms with Crippen LogP contribution in [0.15, 0.2) is 30.5 Å². The van der Waals surface area contributed by atoms with Crippen molar-refractivity contribution in [1.82, 2.24) is 4.98 Å². The minimum absolute atomic E-state index is 0.0253. The third-order valence-electron chi connectivity index (χ3n) is 3.00. The molecule has 0 saturated carbocycles. The molecule has 0 unspecified atom stereocenters. The molecule has 20 heavy (non-hydrogen) atoms. The largest absolute Gasteiger partial charge is 0.437 e. The number of aryl methyl sites for hydroxylation is 1. The van der Waals surface area contributed by atoms with Crippen LogP contribution in [0.25, 0.3) is 0 Å². The van der Waals surface area contributed by atoms with E-state index in [0.29, 0.717) is 16.6 Å². The maximum absolute atomic E-state index is 5.89. The normalized spacial score (nSPS) is 11.4. The van der Waals surface area contributed by atoms with Gasteiger partial charge in [-0.25, -0.2) is 4.98 Å². The van der Waals surface area contributed by atoms with Crippen LogP contribution < -0.4 is 10.5 Å². The Morgan fingerprint density at radius 1 is 1.20 bits per heavy atom. The van der Waals surface area contributed by atoms with Gasteiger partial charge in [-0.05, 0) is 24.5 Å². The lowest BCUT2D eigenvalue weighted by atomic mass is 9.85. The van der Waals surface area contributed by atoms with Crippen molar-refractivity contribution in [2.75, 3.05) is 5.73 Å². The number of benzene rings is 1. The molecule has 106 valence electrons. The number of ether oxygens (including phenoxy) is 1. The molecule has 1 aromatic heterocycles. The Morgan fingerprint density at radius 2 is 1.90 bits per heavy atom. The summed E-state index contributed by atoms with van der Waals surface area (Å²) < 4.78 is 5.88. The van der Waals surface area contributed by atoms with Gasteiger partial charge in [-0.2, -0.15) is 0 Å². The van der Waals surface area contributed by atoms with E-state index in [9.17, 15) is 0 Å². The molecule has 0 aliphatic carbocycles. The SMILES string of the molecule is Cc1ccc(Oc2ncc(Cl)cc2N)c(C(C)(C)C)c1. The van der Waals surface area contributed by atoms with E-state index in [0.717, 1.165) is 11.3 Å². The van der Waals surface area contributed by atoms with Crippen molar-refractivity contribution >= 4 is 17.3 Å². The first kappa shape index (κ1) is 14.7. The quantitative estimate of drug-likeness (QED) is 0.871. The Balaban J connectivity index is 2.43. The van der Waals surface area contributed by atoms with Crippen LogP contribution in [0.5, 0.6) is 11.6 Å². The second-order valence-electron chi connectivity index (χ2n) is 5.90. The molecule has 0 aliphatic heterocycles. The van der Waals surface area contributed by atoms with Crippen molar-refractivity contribution in [1.29, 1.82) is 0 Å². The molecule has 4 heteroatoms. The molecular weight excluding hydrogens is 272 g/mol. The second-order valence-corrected chi connectivity index (χ2v) is 6.34. The van der Waals surface area contributed by atoms with E-state index in [1.54, 1.807) is 6.07 Å². The van der Waals surface area contributed by atoms with Crippen molar-refractivity contribution in [2.24, 2.45) is 0 Å². The number of rotatable bonds is 2. The van der Waals surface area contributed by atoms with Crippen molar-refractivity contribution in [3.63, 3.8) is 0 Å². The molecule has 0 fully saturated rings. The number of nitrogens with zero attached hydrogens (tertiary/aromatic N) is 1. The summed E-state index contributed by atoms with van der Waals surface area (Å²) in [6.45, 7) is 8.50. The van der Waals surface area contributed by atoms with E-state index in [-0.39, 0.29) is 5.41 Å². The molecule has 2 aromatic rings. The van der Waals surface area contributed by atoms with E-state index >= 15 is 0 Å². The Hall–Kier alpha value is -1.74. The summed E-state index contributed by atoms with van der Waals surface area (Å²) >= 11 is 5.85. The summed E-state index contributed by atoms with van der Waals surface area (Å²) in [6, 6.07) is 7.72. The van der Waals surface area contributed by atoms with Crippen LogP contribution in [-0.2, 0) is 5.41 Å². The zero-order valence-electron chi connectivity index (χ0n) is 12.2. The third-order valence-corrected chi connectivity index (χ3v) is 3.20. The fraction of sp³-hybridized carbons (Fsp3) is 0.312. The lowest BCUT2D eigenvalue weighted by Gasteiger charge is -2.23. The van der Waals surface area contributed by atoms with Crippen LogP contribution in [0.1, 0.15) is 31.9 Å². The van der Waals surface area contributed by atoms with E-state index in [2.05, 4.69) is 38.7 Å². The number of halogens is 1. The van der Waals surface area contributed by atoms with Crippen molar-refractivity contribution in [3.05, 3.63) is 46.6 Å². The molecule has 0 atom stereocenters. The molecule has 1 heterocycles. The van der Waals surface area contributed by atoms with Gasteiger partial charge in [0.2, 0.25) is 5.88 Å². The number of hydrogen-bond donors (Lipinski definition) is 1. The molecule has 3 nitrogen and oxygen atoms in total. The summed E-state index contributed by atoms with van der Waals surface area (Å²) in [5.74, 6) is 1.15. The lowest BCUT2D eigenvalue weighted by molar-refractivity contribution is 0.442. The summed E-state index contributed by atoms with van der Waals surface area (Å²) in [6.07, 6.45) is 1.53. The van der Waals surface area contributed by atoms with Gasteiger partial charge in [-0.15, -0.1) is 0 Å². The Kier molecular flexibility index (Phi) is 3.91. The average molecular weight is 291 g/mol. The number of anilines is 1. The first-order chi connectivity index (χ1) is 9.27. The fourth-order valence-electron chi connectivity index (χ4n) is 1.95. The second kappa shape index (κ2) is 5.33. The van der Waals surface area contributed by atoms with Gasteiger partial charge >= 0.3 is 0 Å². The highest BCUT2D eigenvalue weighted by Crippen LogP contribution is 2.36. The molecule has 2 N–H and O–H groups in total. The maximum Gasteiger partial charge on any atom is 0.242 e. The highest BCUT2D eigenvalue weighted by molar-refractivity contribution is 6.30. The maximum atomic E-state index is 5.89. The number of pyridine rings is 1. The monoisotopic (exact) mass is 290 g/mol. The first-order valence-electron chi connectivity index (χ1n) is 6.47. The van der Waals surface area contributed by atoms with E-state index in [1.807, 2.05) is 12.1 Å². The summed E-state index contributed by atoms with van der Waals surface area (Å²) in [4.78, 5) is 4.14. The third kappa shape index (κ3) is 3.23. The lowest BCUT2D eigenvalue weighted by Crippen LogP contribution is -2.13. The predicted octanol–water partition coefficient (Wildman–Crippen LogP) is 4.72. The van der Waals surface area contributed by atoms with Gasteiger partial charge in [-0.1, -0.05) is 50.1 Å². The number of nitrogen functional groups attached to an aromatic ring is 1. The van der Waals surface area contributed by atoms with E-state index in [4.69, 9.17) is 22.1 Å². The summed E-state index contributed by atoms with van der Waals surface area (Å²) in [5, 5.41) is 0.495. The average Bonchev–Trinajstić information content (AvgIpc) is 2.33. The van der Waals surface area contributed by atoms with Crippen LogP contribution in [0.2, 0.25) is 5.02 Å². The molecular formula is C16H19ClN2O. The number of hydrogen-bond acceptors (Lipinski definition) is 3. The minimum Gasteiger partial charge on any atom is -0.437 e. The predicted molar refractivity (Wildman–Crippen MR) is 83.6 cm³/mol. The van der Waals surface area contributed by atoms with Crippen LogP contribution >= 0.6 is 11.6 Å². The van der Waals surface area contributed by atoms with Gasteiger partial charge in [0.25, 0.3) is 0 Å². The standard InChI is InChI=1S/C16H19ClN2O/c1-10-5-6-14(12(7-10)16(2,3)4)20-15-13(18)8-11(17)9-19-15/h5-9H,18H2,1-4H3. The van der Waals surface area contributed by atoms with Gasteiger partial charge in [0.1, 0.15) is 5.75 Å². The molecule has 0 radical (unpaired) electrons. The molecule has 0 saturated heterocycles. The summed E-state index contributed by atoms with van der Waals surface area (Å²) in [7, 11) is 0. The van der Waals surface area contributed by atoms with E-state index < -0.39 is 0 Å². The molecule has 0 bridgehead atoms.